The molecular weight excluding hydrogens is 363 g/mol. The first kappa shape index (κ1) is 19.3. The van der Waals surface area contributed by atoms with Crippen LogP contribution < -0.4 is 14.5 Å². The second-order valence-corrected chi connectivity index (χ2v) is 7.49. The summed E-state index contributed by atoms with van der Waals surface area (Å²) in [5.41, 5.74) is 6.36. The van der Waals surface area contributed by atoms with Crippen LogP contribution in [0.15, 0.2) is 60.7 Å². The summed E-state index contributed by atoms with van der Waals surface area (Å²) in [6, 6.07) is 19.7. The summed E-state index contributed by atoms with van der Waals surface area (Å²) in [5, 5.41) is 0. The van der Waals surface area contributed by atoms with E-state index < -0.39 is 0 Å². The van der Waals surface area contributed by atoms with Crippen LogP contribution in [0.3, 0.4) is 0 Å². The van der Waals surface area contributed by atoms with Crippen LogP contribution in [-0.2, 0) is 0 Å². The van der Waals surface area contributed by atoms with Crippen molar-refractivity contribution in [3.05, 3.63) is 66.5 Å². The van der Waals surface area contributed by atoms with Crippen LogP contribution in [0.5, 0.6) is 5.75 Å². The molecule has 0 radical (unpaired) electrons. The summed E-state index contributed by atoms with van der Waals surface area (Å²) in [6.07, 6.45) is 0.110. The Hall–Kier alpha value is -3.01. The molecule has 4 heteroatoms. The third-order valence-corrected chi connectivity index (χ3v) is 5.27. The number of benzene rings is 3. The quantitative estimate of drug-likeness (QED) is 0.471. The number of para-hydroxylation sites is 1. The van der Waals surface area contributed by atoms with Crippen LogP contribution >= 0.6 is 0 Å². The molecule has 0 fully saturated rings. The molecule has 0 saturated heterocycles. The summed E-state index contributed by atoms with van der Waals surface area (Å²) in [4.78, 5) is 4.44. The summed E-state index contributed by atoms with van der Waals surface area (Å²) in [6.45, 7) is 9.88. The van der Waals surface area contributed by atoms with Gasteiger partial charge in [-0.15, -0.1) is 0 Å². The molecule has 0 aliphatic carbocycles. The van der Waals surface area contributed by atoms with Crippen molar-refractivity contribution in [3.8, 4) is 16.9 Å². The van der Waals surface area contributed by atoms with Gasteiger partial charge in [-0.2, -0.15) is 0 Å². The average Bonchev–Trinajstić information content (AvgIpc) is 2.71. The van der Waals surface area contributed by atoms with E-state index in [9.17, 15) is 4.39 Å². The first-order valence-electron chi connectivity index (χ1n) is 10.3. The maximum Gasteiger partial charge on any atom is 0.127 e. The highest BCUT2D eigenvalue weighted by Gasteiger charge is 2.27. The second-order valence-electron chi connectivity index (χ2n) is 7.49. The van der Waals surface area contributed by atoms with Crippen molar-refractivity contribution in [3.63, 3.8) is 0 Å². The second kappa shape index (κ2) is 7.78. The third kappa shape index (κ3) is 3.44. The van der Waals surface area contributed by atoms with Gasteiger partial charge in [0.25, 0.3) is 0 Å². The topological polar surface area (TPSA) is 15.7 Å². The zero-order valence-corrected chi connectivity index (χ0v) is 17.4. The van der Waals surface area contributed by atoms with Crippen molar-refractivity contribution in [2.45, 2.75) is 33.8 Å². The van der Waals surface area contributed by atoms with Gasteiger partial charge >= 0.3 is 0 Å². The lowest BCUT2D eigenvalue weighted by atomic mass is 10.00. The standard InChI is InChI=1S/C25H27FN2O/c1-5-27-22-14-12-19(26)16-24(22)28(6-2)21-13-11-18(15-23(21)27)20-9-7-8-10-25(20)29-17(3)4/h7-17H,5-6H2,1-4H3. The molecule has 0 atom stereocenters. The van der Waals surface area contributed by atoms with Gasteiger partial charge in [-0.05, 0) is 69.7 Å². The number of fused-ring (bicyclic) bond motifs is 2. The highest BCUT2D eigenvalue weighted by molar-refractivity contribution is 5.95. The zero-order chi connectivity index (χ0) is 20.5. The van der Waals surface area contributed by atoms with Gasteiger partial charge in [0.1, 0.15) is 11.6 Å². The number of hydrogen-bond donors (Lipinski definition) is 0. The smallest absolute Gasteiger partial charge is 0.127 e. The fourth-order valence-corrected chi connectivity index (χ4v) is 4.08. The Bertz CT molecular complexity index is 1030. The molecule has 3 nitrogen and oxygen atoms in total. The van der Waals surface area contributed by atoms with E-state index in [0.717, 1.165) is 52.7 Å². The Labute approximate surface area is 172 Å². The number of rotatable bonds is 5. The molecule has 0 bridgehead atoms. The lowest BCUT2D eigenvalue weighted by molar-refractivity contribution is 0.243. The normalized spacial score (nSPS) is 12.8. The minimum atomic E-state index is -0.210. The number of halogens is 1. The largest absolute Gasteiger partial charge is 0.490 e. The van der Waals surface area contributed by atoms with E-state index in [0.29, 0.717) is 0 Å². The molecule has 0 amide bonds. The fourth-order valence-electron chi connectivity index (χ4n) is 4.08. The van der Waals surface area contributed by atoms with Gasteiger partial charge in [-0.1, -0.05) is 24.3 Å². The van der Waals surface area contributed by atoms with Crippen molar-refractivity contribution >= 4 is 22.7 Å². The SMILES string of the molecule is CCN1c2ccc(-c3ccccc3OC(C)C)cc2N(CC)c2ccc(F)cc21. The first-order chi connectivity index (χ1) is 14.0. The van der Waals surface area contributed by atoms with Crippen LogP contribution in [0, 0.1) is 5.82 Å². The van der Waals surface area contributed by atoms with E-state index in [1.165, 1.54) is 6.07 Å². The molecule has 1 aliphatic heterocycles. The molecule has 0 aromatic heterocycles. The molecule has 1 aliphatic rings. The van der Waals surface area contributed by atoms with Crippen molar-refractivity contribution in [2.24, 2.45) is 0 Å². The van der Waals surface area contributed by atoms with Crippen molar-refractivity contribution < 1.29 is 9.13 Å². The lowest BCUT2D eigenvalue weighted by Crippen LogP contribution is -2.29. The molecule has 4 rings (SSSR count). The van der Waals surface area contributed by atoms with Crippen LogP contribution in [0.2, 0.25) is 0 Å². The molecule has 0 spiro atoms. The molecule has 0 N–H and O–H groups in total. The van der Waals surface area contributed by atoms with E-state index in [1.54, 1.807) is 6.07 Å². The van der Waals surface area contributed by atoms with E-state index in [-0.39, 0.29) is 11.9 Å². The van der Waals surface area contributed by atoms with Gasteiger partial charge in [0.2, 0.25) is 0 Å². The van der Waals surface area contributed by atoms with Gasteiger partial charge in [-0.25, -0.2) is 4.39 Å². The van der Waals surface area contributed by atoms with Gasteiger partial charge in [0.15, 0.2) is 0 Å². The number of hydrogen-bond acceptors (Lipinski definition) is 3. The highest BCUT2D eigenvalue weighted by atomic mass is 19.1. The lowest BCUT2D eigenvalue weighted by Gasteiger charge is -2.39. The predicted molar refractivity (Wildman–Crippen MR) is 119 cm³/mol. The molecule has 29 heavy (non-hydrogen) atoms. The van der Waals surface area contributed by atoms with Crippen LogP contribution in [0.1, 0.15) is 27.7 Å². The molecule has 1 heterocycles. The molecular formula is C25H27FN2O. The van der Waals surface area contributed by atoms with Crippen LogP contribution in [0.4, 0.5) is 27.1 Å². The van der Waals surface area contributed by atoms with Gasteiger partial charge in [0, 0.05) is 18.7 Å². The molecule has 0 saturated carbocycles. The van der Waals surface area contributed by atoms with Crippen molar-refractivity contribution in [1.29, 1.82) is 0 Å². The first-order valence-corrected chi connectivity index (χ1v) is 10.3. The minimum absolute atomic E-state index is 0.110. The third-order valence-electron chi connectivity index (χ3n) is 5.27. The minimum Gasteiger partial charge on any atom is -0.490 e. The number of anilines is 4. The fraction of sp³-hybridized carbons (Fsp3) is 0.280. The van der Waals surface area contributed by atoms with E-state index in [2.05, 4.69) is 47.9 Å². The Morgan fingerprint density at radius 3 is 2.07 bits per heavy atom. The Morgan fingerprint density at radius 1 is 0.793 bits per heavy atom. The van der Waals surface area contributed by atoms with E-state index in [1.807, 2.05) is 38.1 Å². The monoisotopic (exact) mass is 390 g/mol. The van der Waals surface area contributed by atoms with Crippen LogP contribution in [0.25, 0.3) is 11.1 Å². The van der Waals surface area contributed by atoms with E-state index in [4.69, 9.17) is 4.74 Å². The Kier molecular flexibility index (Phi) is 5.18. The van der Waals surface area contributed by atoms with Gasteiger partial charge in [-0.3, -0.25) is 0 Å². The van der Waals surface area contributed by atoms with Crippen molar-refractivity contribution in [1.82, 2.24) is 0 Å². The van der Waals surface area contributed by atoms with Crippen molar-refractivity contribution in [2.75, 3.05) is 22.9 Å². The van der Waals surface area contributed by atoms with Crippen LogP contribution in [-0.4, -0.2) is 19.2 Å². The highest BCUT2D eigenvalue weighted by Crippen LogP contribution is 2.49. The molecule has 150 valence electrons. The molecule has 3 aromatic carbocycles. The Balaban J connectivity index is 1.86. The zero-order valence-electron chi connectivity index (χ0n) is 17.4. The average molecular weight is 391 g/mol. The summed E-state index contributed by atoms with van der Waals surface area (Å²) in [7, 11) is 0. The number of ether oxygens (including phenoxy) is 1. The molecule has 3 aromatic rings. The summed E-state index contributed by atoms with van der Waals surface area (Å²) >= 11 is 0. The summed E-state index contributed by atoms with van der Waals surface area (Å²) in [5.74, 6) is 0.675. The van der Waals surface area contributed by atoms with Gasteiger partial charge in [0.05, 0.1) is 28.9 Å². The number of nitrogens with zero attached hydrogens (tertiary/aromatic N) is 2. The summed E-state index contributed by atoms with van der Waals surface area (Å²) < 4.78 is 20.0. The maximum atomic E-state index is 14.0. The van der Waals surface area contributed by atoms with E-state index >= 15 is 0 Å². The predicted octanol–water partition coefficient (Wildman–Crippen LogP) is 6.91. The maximum absolute atomic E-state index is 14.0. The molecule has 0 unspecified atom stereocenters. The van der Waals surface area contributed by atoms with Gasteiger partial charge < -0.3 is 14.5 Å². The Morgan fingerprint density at radius 2 is 1.41 bits per heavy atom.